The van der Waals surface area contributed by atoms with Crippen LogP contribution in [-0.2, 0) is 14.4 Å². The second-order valence-corrected chi connectivity index (χ2v) is 4.42. The van der Waals surface area contributed by atoms with Crippen LogP contribution in [0, 0.1) is 0 Å². The van der Waals surface area contributed by atoms with Gasteiger partial charge in [-0.15, -0.1) is 0 Å². The van der Waals surface area contributed by atoms with Gasteiger partial charge in [-0.05, 0) is 19.9 Å². The van der Waals surface area contributed by atoms with Crippen molar-refractivity contribution in [2.45, 2.75) is 37.6 Å². The number of hydrogen-bond donors (Lipinski definition) is 4. The van der Waals surface area contributed by atoms with Gasteiger partial charge in [0.2, 0.25) is 0 Å². The van der Waals surface area contributed by atoms with E-state index in [-0.39, 0.29) is 0 Å². The Morgan fingerprint density at radius 1 is 1.22 bits per heavy atom. The average molecular weight is 258 g/mol. The molecule has 0 radical (unpaired) electrons. The molecule has 0 amide bonds. The number of ketones is 2. The summed E-state index contributed by atoms with van der Waals surface area (Å²) in [5.41, 5.74) is -5.59. The predicted molar refractivity (Wildman–Crippen MR) is 57.6 cm³/mol. The fraction of sp³-hybridized carbons (Fsp3) is 0.545. The van der Waals surface area contributed by atoms with Crippen LogP contribution in [0.4, 0.5) is 0 Å². The Bertz CT molecular complexity index is 452. The Labute approximate surface area is 102 Å². The number of carbonyl (C=O) groups excluding carboxylic acids is 2. The molecule has 4 N–H and O–H groups in total. The summed E-state index contributed by atoms with van der Waals surface area (Å²) in [7, 11) is 0. The van der Waals surface area contributed by atoms with E-state index >= 15 is 0 Å². The van der Waals surface area contributed by atoms with Crippen LogP contribution in [0.3, 0.4) is 0 Å². The largest absolute Gasteiger partial charge is 0.478 e. The van der Waals surface area contributed by atoms with Crippen LogP contribution in [-0.4, -0.2) is 55.3 Å². The van der Waals surface area contributed by atoms with Gasteiger partial charge in [0.25, 0.3) is 0 Å². The maximum atomic E-state index is 11.4. The first-order valence-corrected chi connectivity index (χ1v) is 5.15. The van der Waals surface area contributed by atoms with E-state index in [0.717, 1.165) is 13.8 Å². The van der Waals surface area contributed by atoms with Crippen molar-refractivity contribution < 1.29 is 34.8 Å². The van der Waals surface area contributed by atoms with Crippen molar-refractivity contribution >= 4 is 17.5 Å². The molecule has 3 unspecified atom stereocenters. The van der Waals surface area contributed by atoms with Gasteiger partial charge in [-0.3, -0.25) is 9.59 Å². The smallest absolute Gasteiger partial charge is 0.331 e. The number of Topliss-reactive ketones (excluding diaryl/α,β-unsaturated/α-hetero) is 2. The van der Waals surface area contributed by atoms with E-state index in [1.165, 1.54) is 0 Å². The van der Waals surface area contributed by atoms with E-state index in [2.05, 4.69) is 0 Å². The van der Waals surface area contributed by atoms with Crippen molar-refractivity contribution in [1.82, 2.24) is 0 Å². The summed E-state index contributed by atoms with van der Waals surface area (Å²) in [4.78, 5) is 33.6. The summed E-state index contributed by atoms with van der Waals surface area (Å²) in [5.74, 6) is -3.38. The minimum atomic E-state index is -2.59. The van der Waals surface area contributed by atoms with Crippen molar-refractivity contribution in [3.8, 4) is 0 Å². The van der Waals surface area contributed by atoms with E-state index in [9.17, 15) is 29.7 Å². The zero-order chi connectivity index (χ0) is 14.3. The molecule has 0 bridgehead atoms. The summed E-state index contributed by atoms with van der Waals surface area (Å²) in [5, 5.41) is 38.6. The molecular weight excluding hydrogens is 244 g/mol. The average Bonchev–Trinajstić information content (AvgIpc) is 2.24. The first-order chi connectivity index (χ1) is 8.05. The van der Waals surface area contributed by atoms with Crippen LogP contribution in [0.15, 0.2) is 11.6 Å². The number of aliphatic carboxylic acids is 1. The van der Waals surface area contributed by atoms with Crippen LogP contribution in [0.25, 0.3) is 0 Å². The van der Waals surface area contributed by atoms with Gasteiger partial charge in [-0.25, -0.2) is 4.79 Å². The molecule has 18 heavy (non-hydrogen) atoms. The second-order valence-electron chi connectivity index (χ2n) is 4.42. The molecule has 3 atom stereocenters. The van der Waals surface area contributed by atoms with E-state index in [0.29, 0.717) is 6.08 Å². The number of aliphatic hydroxyl groups is 3. The molecule has 0 aromatic rings. The van der Waals surface area contributed by atoms with E-state index in [1.807, 2.05) is 0 Å². The van der Waals surface area contributed by atoms with Crippen molar-refractivity contribution in [2.24, 2.45) is 0 Å². The van der Waals surface area contributed by atoms with Crippen molar-refractivity contribution in [1.29, 1.82) is 0 Å². The van der Waals surface area contributed by atoms with Crippen LogP contribution in [0.2, 0.25) is 0 Å². The number of hydrogen-bond acceptors (Lipinski definition) is 6. The van der Waals surface area contributed by atoms with Gasteiger partial charge in [-0.1, -0.05) is 0 Å². The quantitative estimate of drug-likeness (QED) is 0.479. The zero-order valence-electron chi connectivity index (χ0n) is 9.88. The highest BCUT2D eigenvalue weighted by Crippen LogP contribution is 2.36. The molecule has 0 saturated heterocycles. The molecular formula is C11H14O7. The minimum Gasteiger partial charge on any atom is -0.478 e. The summed E-state index contributed by atoms with van der Waals surface area (Å²) in [6, 6.07) is 0. The van der Waals surface area contributed by atoms with E-state index < -0.39 is 46.8 Å². The summed E-state index contributed by atoms with van der Waals surface area (Å²) in [6.45, 7) is 1.86. The highest BCUT2D eigenvalue weighted by Gasteiger charge is 2.57. The maximum absolute atomic E-state index is 11.4. The van der Waals surface area contributed by atoms with Gasteiger partial charge < -0.3 is 20.4 Å². The van der Waals surface area contributed by atoms with E-state index in [1.54, 1.807) is 0 Å². The number of carboxylic acid groups (broad SMARTS) is 1. The molecule has 0 saturated carbocycles. The molecule has 0 aliphatic heterocycles. The van der Waals surface area contributed by atoms with Crippen molar-refractivity contribution in [3.05, 3.63) is 11.6 Å². The summed E-state index contributed by atoms with van der Waals surface area (Å²) in [6.07, 6.45) is -2.11. The van der Waals surface area contributed by atoms with Crippen LogP contribution in [0.5, 0.6) is 0 Å². The van der Waals surface area contributed by atoms with Crippen LogP contribution >= 0.6 is 0 Å². The maximum Gasteiger partial charge on any atom is 0.331 e. The van der Waals surface area contributed by atoms with Crippen molar-refractivity contribution in [2.75, 3.05) is 0 Å². The van der Waals surface area contributed by atoms with Crippen LogP contribution < -0.4 is 0 Å². The lowest BCUT2D eigenvalue weighted by Gasteiger charge is -2.42. The normalized spacial score (nSPS) is 35.8. The molecule has 1 rings (SSSR count). The second kappa shape index (κ2) is 4.27. The minimum absolute atomic E-state index is 0.504. The number of aliphatic hydroxyl groups excluding tert-OH is 1. The molecule has 0 heterocycles. The molecule has 0 aromatic carbocycles. The molecule has 0 fully saturated rings. The fourth-order valence-corrected chi connectivity index (χ4v) is 1.90. The number of rotatable bonds is 3. The highest BCUT2D eigenvalue weighted by molar-refractivity contribution is 5.98. The Hall–Kier alpha value is -1.57. The van der Waals surface area contributed by atoms with Gasteiger partial charge in [0.1, 0.15) is 6.10 Å². The van der Waals surface area contributed by atoms with Gasteiger partial charge in [0.05, 0.1) is 0 Å². The topological polar surface area (TPSA) is 132 Å². The lowest BCUT2D eigenvalue weighted by molar-refractivity contribution is -0.181. The third-order valence-electron chi connectivity index (χ3n) is 3.17. The summed E-state index contributed by atoms with van der Waals surface area (Å²) < 4.78 is 0. The SMILES string of the molecule is CC(=O)C1(O)C=C(C(=O)O)CC(O)(C(C)=O)C1O. The Balaban J connectivity index is 3.45. The fourth-order valence-electron chi connectivity index (χ4n) is 1.90. The molecule has 1 aliphatic rings. The molecule has 7 heteroatoms. The lowest BCUT2D eigenvalue weighted by Crippen LogP contribution is -2.64. The van der Waals surface area contributed by atoms with Crippen LogP contribution in [0.1, 0.15) is 20.3 Å². The number of carboxylic acids is 1. The number of carbonyl (C=O) groups is 3. The molecule has 0 aromatic heterocycles. The standard InChI is InChI=1S/C11H14O7/c1-5(12)10(17)3-7(8(14)15)4-11(18,6(2)13)9(10)16/h3,9,16-18H,4H2,1-2H3,(H,14,15). The zero-order valence-corrected chi connectivity index (χ0v) is 9.88. The van der Waals surface area contributed by atoms with E-state index in [4.69, 9.17) is 5.11 Å². The third-order valence-corrected chi connectivity index (χ3v) is 3.17. The Kier molecular flexibility index (Phi) is 3.44. The molecule has 1 aliphatic carbocycles. The first kappa shape index (κ1) is 14.5. The van der Waals surface area contributed by atoms with Gasteiger partial charge >= 0.3 is 5.97 Å². The lowest BCUT2D eigenvalue weighted by atomic mass is 9.70. The van der Waals surface area contributed by atoms with Gasteiger partial charge in [0.15, 0.2) is 22.8 Å². The Morgan fingerprint density at radius 3 is 2.06 bits per heavy atom. The van der Waals surface area contributed by atoms with Gasteiger partial charge in [0, 0.05) is 12.0 Å². The third kappa shape index (κ3) is 1.96. The highest BCUT2D eigenvalue weighted by atomic mass is 16.4. The molecule has 0 spiro atoms. The summed E-state index contributed by atoms with van der Waals surface area (Å²) >= 11 is 0. The predicted octanol–water partition coefficient (Wildman–Crippen LogP) is -1.60. The van der Waals surface area contributed by atoms with Gasteiger partial charge in [-0.2, -0.15) is 0 Å². The Morgan fingerprint density at radius 2 is 1.72 bits per heavy atom. The molecule has 7 nitrogen and oxygen atoms in total. The van der Waals surface area contributed by atoms with Crippen molar-refractivity contribution in [3.63, 3.8) is 0 Å². The molecule has 100 valence electrons. The monoisotopic (exact) mass is 258 g/mol. The first-order valence-electron chi connectivity index (χ1n) is 5.15.